The molecule has 0 aromatic heterocycles. The highest BCUT2D eigenvalue weighted by molar-refractivity contribution is 7.99. The Labute approximate surface area is 134 Å². The van der Waals surface area contributed by atoms with Crippen molar-refractivity contribution in [3.05, 3.63) is 69.0 Å². The molecule has 1 heterocycles. The number of nitro benzene ring substituents is 1. The highest BCUT2D eigenvalue weighted by Crippen LogP contribution is 2.34. The summed E-state index contributed by atoms with van der Waals surface area (Å²) in [5.41, 5.74) is 0.717. The van der Waals surface area contributed by atoms with E-state index < -0.39 is 22.2 Å². The molecule has 0 aliphatic carbocycles. The fraction of sp³-hybridized carbons (Fsp3) is 0.0625. The number of hydrogen-bond acceptors (Lipinski definition) is 5. The predicted octanol–water partition coefficient (Wildman–Crippen LogP) is 3.81. The third-order valence-electron chi connectivity index (χ3n) is 3.40. The summed E-state index contributed by atoms with van der Waals surface area (Å²) in [6.45, 7) is 0. The molecule has 7 heteroatoms. The lowest BCUT2D eigenvalue weighted by Crippen LogP contribution is -2.12. The first kappa shape index (κ1) is 15.2. The molecule has 0 bridgehead atoms. The van der Waals surface area contributed by atoms with Crippen molar-refractivity contribution in [2.45, 2.75) is 4.90 Å². The maximum atomic E-state index is 13.3. The van der Waals surface area contributed by atoms with Gasteiger partial charge in [-0.2, -0.15) is 0 Å². The Morgan fingerprint density at radius 2 is 2.04 bits per heavy atom. The minimum atomic E-state index is -0.695. The van der Waals surface area contributed by atoms with Gasteiger partial charge in [-0.15, -0.1) is 11.8 Å². The fourth-order valence-corrected chi connectivity index (χ4v) is 3.28. The molecule has 23 heavy (non-hydrogen) atoms. The average molecular weight is 331 g/mol. The van der Waals surface area contributed by atoms with Crippen molar-refractivity contribution in [1.29, 1.82) is 0 Å². The molecule has 0 fully saturated rings. The van der Waals surface area contributed by atoms with Gasteiger partial charge in [0.05, 0.1) is 4.92 Å². The molecule has 0 spiro atoms. The number of carbonyl (C=O) groups excluding carboxylic acids is 1. The van der Waals surface area contributed by atoms with Crippen LogP contribution in [0.1, 0.15) is 15.9 Å². The van der Waals surface area contributed by atoms with Crippen molar-refractivity contribution in [3.8, 4) is 5.75 Å². The van der Waals surface area contributed by atoms with Crippen LogP contribution in [0.15, 0.2) is 46.9 Å². The average Bonchev–Trinajstić information content (AvgIpc) is 2.52. The van der Waals surface area contributed by atoms with Crippen LogP contribution in [0.3, 0.4) is 0 Å². The topological polar surface area (TPSA) is 80.4 Å². The largest absolute Gasteiger partial charge is 0.502 e. The van der Waals surface area contributed by atoms with Crippen LogP contribution in [-0.2, 0) is 0 Å². The normalized spacial score (nSPS) is 15.5. The van der Waals surface area contributed by atoms with Crippen LogP contribution >= 0.6 is 11.8 Å². The van der Waals surface area contributed by atoms with Crippen molar-refractivity contribution in [3.63, 3.8) is 0 Å². The van der Waals surface area contributed by atoms with Gasteiger partial charge in [0.15, 0.2) is 11.5 Å². The third-order valence-corrected chi connectivity index (χ3v) is 4.52. The van der Waals surface area contributed by atoms with E-state index in [1.165, 1.54) is 48.2 Å². The van der Waals surface area contributed by atoms with Gasteiger partial charge in [-0.25, -0.2) is 4.39 Å². The number of ketones is 1. The Kier molecular flexibility index (Phi) is 3.87. The van der Waals surface area contributed by atoms with Crippen molar-refractivity contribution in [2.75, 3.05) is 5.75 Å². The molecule has 2 aromatic carbocycles. The molecular weight excluding hydrogens is 321 g/mol. The molecule has 0 unspecified atom stereocenters. The highest BCUT2D eigenvalue weighted by Gasteiger charge is 2.23. The van der Waals surface area contributed by atoms with E-state index in [9.17, 15) is 24.4 Å². The van der Waals surface area contributed by atoms with Gasteiger partial charge < -0.3 is 5.11 Å². The second-order valence-electron chi connectivity index (χ2n) is 4.93. The van der Waals surface area contributed by atoms with Crippen LogP contribution in [0.4, 0.5) is 10.1 Å². The summed E-state index contributed by atoms with van der Waals surface area (Å²) in [6, 6.07) is 7.94. The van der Waals surface area contributed by atoms with Crippen LogP contribution in [-0.4, -0.2) is 21.6 Å². The number of rotatable bonds is 2. The van der Waals surface area contributed by atoms with E-state index in [1.807, 2.05) is 0 Å². The lowest BCUT2D eigenvalue weighted by Gasteiger charge is -2.16. The van der Waals surface area contributed by atoms with Crippen LogP contribution in [0, 0.1) is 15.9 Å². The van der Waals surface area contributed by atoms with E-state index in [1.54, 1.807) is 6.07 Å². The quantitative estimate of drug-likeness (QED) is 0.514. The summed E-state index contributed by atoms with van der Waals surface area (Å²) in [4.78, 5) is 23.3. The number of hydrogen-bond donors (Lipinski definition) is 1. The molecule has 0 atom stereocenters. The van der Waals surface area contributed by atoms with Gasteiger partial charge >= 0.3 is 5.69 Å². The molecule has 3 rings (SSSR count). The number of phenolic OH excluding ortho intramolecular Hbond substituents is 1. The summed E-state index contributed by atoms with van der Waals surface area (Å²) in [6.07, 6.45) is 1.52. The van der Waals surface area contributed by atoms with Gasteiger partial charge in [0.1, 0.15) is 5.82 Å². The second kappa shape index (κ2) is 5.85. The number of halogens is 1. The molecule has 0 saturated carbocycles. The zero-order valence-electron chi connectivity index (χ0n) is 11.7. The number of phenols is 1. The number of nitrogens with zero attached hydrogens (tertiary/aromatic N) is 1. The number of fused-ring (bicyclic) bond motifs is 1. The van der Waals surface area contributed by atoms with Gasteiger partial charge in [-0.05, 0) is 35.9 Å². The predicted molar refractivity (Wildman–Crippen MR) is 84.2 cm³/mol. The summed E-state index contributed by atoms with van der Waals surface area (Å²) >= 11 is 1.40. The maximum Gasteiger partial charge on any atom is 0.311 e. The zero-order valence-corrected chi connectivity index (χ0v) is 12.5. The molecule has 0 radical (unpaired) electrons. The minimum Gasteiger partial charge on any atom is -0.502 e. The number of thioether (sulfide) groups is 1. The van der Waals surface area contributed by atoms with E-state index in [4.69, 9.17) is 0 Å². The Bertz CT molecular complexity index is 863. The molecule has 1 aliphatic heterocycles. The lowest BCUT2D eigenvalue weighted by molar-refractivity contribution is -0.385. The number of benzene rings is 2. The van der Waals surface area contributed by atoms with Crippen molar-refractivity contribution in [2.24, 2.45) is 0 Å². The first-order valence-electron chi connectivity index (χ1n) is 6.61. The van der Waals surface area contributed by atoms with Crippen LogP contribution in [0.5, 0.6) is 5.75 Å². The van der Waals surface area contributed by atoms with E-state index in [0.29, 0.717) is 27.3 Å². The number of nitro groups is 1. The monoisotopic (exact) mass is 331 g/mol. The summed E-state index contributed by atoms with van der Waals surface area (Å²) in [5, 5.41) is 20.3. The van der Waals surface area contributed by atoms with Gasteiger partial charge in [-0.3, -0.25) is 14.9 Å². The first-order valence-corrected chi connectivity index (χ1v) is 7.59. The Hall–Kier alpha value is -2.67. The van der Waals surface area contributed by atoms with E-state index in [0.717, 1.165) is 0 Å². The number of carbonyl (C=O) groups is 1. The lowest BCUT2D eigenvalue weighted by atomic mass is 10.0. The summed E-state index contributed by atoms with van der Waals surface area (Å²) < 4.78 is 13.3. The minimum absolute atomic E-state index is 0.292. The van der Waals surface area contributed by atoms with Gasteiger partial charge in [0.2, 0.25) is 0 Å². The molecule has 0 amide bonds. The summed E-state index contributed by atoms with van der Waals surface area (Å²) in [5.74, 6) is -0.825. The second-order valence-corrected chi connectivity index (χ2v) is 5.95. The van der Waals surface area contributed by atoms with Crippen LogP contribution < -0.4 is 0 Å². The number of Topliss-reactive ketones (excluding diaryl/α,β-unsaturated/α-hetero) is 1. The van der Waals surface area contributed by atoms with E-state index in [-0.39, 0.29) is 5.78 Å². The standard InChI is InChI=1S/C16H10FNO4S/c17-11-2-4-15-12(7-11)16(20)10(8-23-15)5-9-1-3-14(19)13(6-9)18(21)22/h1-7,19H,8H2. The summed E-state index contributed by atoms with van der Waals surface area (Å²) in [7, 11) is 0. The fourth-order valence-electron chi connectivity index (χ4n) is 2.28. The van der Waals surface area contributed by atoms with Gasteiger partial charge in [0, 0.05) is 27.9 Å². The molecule has 5 nitrogen and oxygen atoms in total. The Balaban J connectivity index is 2.00. The molecule has 0 saturated heterocycles. The van der Waals surface area contributed by atoms with Crippen molar-refractivity contribution >= 4 is 29.3 Å². The maximum absolute atomic E-state index is 13.3. The first-order chi connectivity index (χ1) is 11.0. The molecular formula is C16H10FNO4S. The third kappa shape index (κ3) is 2.95. The van der Waals surface area contributed by atoms with Gasteiger partial charge in [0.25, 0.3) is 0 Å². The molecule has 1 aliphatic rings. The van der Waals surface area contributed by atoms with Gasteiger partial charge in [-0.1, -0.05) is 6.07 Å². The van der Waals surface area contributed by atoms with E-state index >= 15 is 0 Å². The van der Waals surface area contributed by atoms with Crippen molar-refractivity contribution < 1.29 is 19.2 Å². The smallest absolute Gasteiger partial charge is 0.311 e. The SMILES string of the molecule is O=C1C(=Cc2ccc(O)c([N+](=O)[O-])c2)CSc2ccc(F)cc21. The Morgan fingerprint density at radius 1 is 1.26 bits per heavy atom. The van der Waals surface area contributed by atoms with E-state index in [2.05, 4.69) is 0 Å². The molecule has 2 aromatic rings. The molecule has 1 N–H and O–H groups in total. The zero-order chi connectivity index (χ0) is 16.6. The van der Waals surface area contributed by atoms with Crippen LogP contribution in [0.2, 0.25) is 0 Å². The highest BCUT2D eigenvalue weighted by atomic mass is 32.2. The van der Waals surface area contributed by atoms with Crippen molar-refractivity contribution in [1.82, 2.24) is 0 Å². The van der Waals surface area contributed by atoms with Crippen LogP contribution in [0.25, 0.3) is 6.08 Å². The number of aromatic hydroxyl groups is 1. The molecule has 116 valence electrons. The Morgan fingerprint density at radius 3 is 2.78 bits per heavy atom.